The van der Waals surface area contributed by atoms with Crippen LogP contribution >= 0.6 is 0 Å². The summed E-state index contributed by atoms with van der Waals surface area (Å²) in [6, 6.07) is 18.1. The van der Waals surface area contributed by atoms with Crippen LogP contribution in [0, 0.1) is 5.41 Å². The number of ketones is 1. The Morgan fingerprint density at radius 2 is 1.69 bits per heavy atom. The minimum absolute atomic E-state index is 0.0409. The minimum atomic E-state index is -4.51. The molecule has 0 radical (unpaired) electrons. The van der Waals surface area contributed by atoms with Gasteiger partial charge in [0.25, 0.3) is 0 Å². The maximum Gasteiger partial charge on any atom is 0.416 e. The van der Waals surface area contributed by atoms with Gasteiger partial charge >= 0.3 is 6.18 Å². The highest BCUT2D eigenvalue weighted by atomic mass is 19.4. The normalized spacial score (nSPS) is 18.8. The third kappa shape index (κ3) is 3.31. The van der Waals surface area contributed by atoms with Gasteiger partial charge in [0.1, 0.15) is 11.8 Å². The monoisotopic (exact) mass is 394 g/mol. The Labute approximate surface area is 165 Å². The van der Waals surface area contributed by atoms with Crippen LogP contribution in [0.25, 0.3) is 16.8 Å². The number of nitrogens with one attached hydrogen (secondary N) is 1. The van der Waals surface area contributed by atoms with Crippen molar-refractivity contribution >= 4 is 28.5 Å². The third-order valence-electron chi connectivity index (χ3n) is 5.17. The van der Waals surface area contributed by atoms with Gasteiger partial charge in [0.15, 0.2) is 5.78 Å². The lowest BCUT2D eigenvalue weighted by Gasteiger charge is -2.14. The fraction of sp³-hybridized carbons (Fsp3) is 0.130. The summed E-state index contributed by atoms with van der Waals surface area (Å²) in [6.45, 7) is 0. The van der Waals surface area contributed by atoms with E-state index < -0.39 is 17.7 Å². The third-order valence-corrected chi connectivity index (χ3v) is 5.17. The zero-order valence-electron chi connectivity index (χ0n) is 15.5. The Balaban J connectivity index is 1.78. The lowest BCUT2D eigenvalue weighted by atomic mass is 9.93. The predicted molar refractivity (Wildman–Crippen MR) is 107 cm³/mol. The molecule has 0 saturated carbocycles. The summed E-state index contributed by atoms with van der Waals surface area (Å²) >= 11 is 0. The number of fused-ring (bicyclic) bond motifs is 1. The van der Waals surface area contributed by atoms with Gasteiger partial charge in [-0.3, -0.25) is 10.2 Å². The van der Waals surface area contributed by atoms with Crippen LogP contribution in [0.15, 0.2) is 72.4 Å². The zero-order chi connectivity index (χ0) is 20.8. The van der Waals surface area contributed by atoms with Gasteiger partial charge in [-0.25, -0.2) is 0 Å². The Bertz CT molecular complexity index is 1160. The lowest BCUT2D eigenvalue weighted by Crippen LogP contribution is -2.20. The van der Waals surface area contributed by atoms with E-state index in [4.69, 9.17) is 5.41 Å². The number of likely N-dealkylation sites (N-methyl/N-ethyl adjacent to an activating group) is 1. The quantitative estimate of drug-likeness (QED) is 0.586. The number of carbonyl (C=O) groups is 1. The van der Waals surface area contributed by atoms with Gasteiger partial charge in [-0.2, -0.15) is 13.2 Å². The summed E-state index contributed by atoms with van der Waals surface area (Å²) in [5, 5.41) is 10.3. The van der Waals surface area contributed by atoms with E-state index in [2.05, 4.69) is 0 Å². The Morgan fingerprint density at radius 1 is 1.00 bits per heavy atom. The van der Waals surface area contributed by atoms with Crippen molar-refractivity contribution in [3.05, 3.63) is 89.1 Å². The van der Waals surface area contributed by atoms with Crippen molar-refractivity contribution in [2.24, 2.45) is 0 Å². The van der Waals surface area contributed by atoms with E-state index in [1.807, 2.05) is 42.5 Å². The van der Waals surface area contributed by atoms with Crippen LogP contribution < -0.4 is 0 Å². The molecule has 1 saturated heterocycles. The predicted octanol–water partition coefficient (Wildman–Crippen LogP) is 5.48. The molecule has 3 nitrogen and oxygen atoms in total. The Kier molecular flexibility index (Phi) is 4.49. The van der Waals surface area contributed by atoms with Crippen LogP contribution in [0.4, 0.5) is 13.2 Å². The van der Waals surface area contributed by atoms with Gasteiger partial charge in [0.2, 0.25) is 0 Å². The molecular formula is C23H17F3N2O. The number of nitrogens with zero attached hydrogens (tertiary/aromatic N) is 1. The summed E-state index contributed by atoms with van der Waals surface area (Å²) in [4.78, 5) is 14.5. The summed E-state index contributed by atoms with van der Waals surface area (Å²) in [5.74, 6) is -1.48. The van der Waals surface area contributed by atoms with E-state index in [-0.39, 0.29) is 22.9 Å². The number of likely N-dealkylation sites (tertiary alicyclic amines) is 1. The first kappa shape index (κ1) is 18.9. The largest absolute Gasteiger partial charge is 0.416 e. The number of carbonyl (C=O) groups excluding carboxylic acids is 1. The topological polar surface area (TPSA) is 44.2 Å². The molecule has 29 heavy (non-hydrogen) atoms. The molecule has 0 aliphatic carbocycles. The molecule has 1 fully saturated rings. The fourth-order valence-corrected chi connectivity index (χ4v) is 3.66. The van der Waals surface area contributed by atoms with Gasteiger partial charge in [-0.05, 0) is 34.0 Å². The van der Waals surface area contributed by atoms with Crippen LogP contribution in [-0.4, -0.2) is 23.6 Å². The van der Waals surface area contributed by atoms with Gasteiger partial charge < -0.3 is 4.90 Å². The average Bonchev–Trinajstić information content (AvgIpc) is 2.91. The first-order valence-corrected chi connectivity index (χ1v) is 9.00. The molecule has 1 aliphatic heterocycles. The van der Waals surface area contributed by atoms with E-state index in [0.717, 1.165) is 28.5 Å². The molecule has 3 aromatic carbocycles. The Morgan fingerprint density at radius 3 is 2.45 bits per heavy atom. The first-order valence-electron chi connectivity index (χ1n) is 9.00. The molecule has 3 aromatic rings. The number of halogens is 3. The summed E-state index contributed by atoms with van der Waals surface area (Å²) < 4.78 is 39.2. The number of allylic oxidation sites excluding steroid dienone is 1. The second-order valence-corrected chi connectivity index (χ2v) is 6.96. The van der Waals surface area contributed by atoms with Crippen molar-refractivity contribution in [2.45, 2.75) is 12.1 Å². The molecule has 146 valence electrons. The van der Waals surface area contributed by atoms with E-state index in [1.54, 1.807) is 13.1 Å². The molecule has 1 N–H and O–H groups in total. The highest BCUT2D eigenvalue weighted by Crippen LogP contribution is 2.36. The maximum atomic E-state index is 13.1. The number of hydrogen-bond acceptors (Lipinski definition) is 2. The minimum Gasteiger partial charge on any atom is -0.330 e. The molecule has 6 heteroatoms. The maximum absolute atomic E-state index is 13.1. The van der Waals surface area contributed by atoms with Crippen molar-refractivity contribution in [1.29, 1.82) is 5.41 Å². The molecular weight excluding hydrogens is 377 g/mol. The van der Waals surface area contributed by atoms with Gasteiger partial charge in [-0.1, -0.05) is 60.7 Å². The van der Waals surface area contributed by atoms with Crippen LogP contribution in [0.1, 0.15) is 22.6 Å². The van der Waals surface area contributed by atoms with E-state index in [0.29, 0.717) is 0 Å². The molecule has 1 atom stereocenters. The fourth-order valence-electron chi connectivity index (χ4n) is 3.66. The van der Waals surface area contributed by atoms with E-state index in [1.165, 1.54) is 17.0 Å². The summed E-state index contributed by atoms with van der Waals surface area (Å²) in [5.41, 5.74) is 0.442. The molecule has 0 bridgehead atoms. The van der Waals surface area contributed by atoms with Gasteiger partial charge in [0, 0.05) is 7.05 Å². The van der Waals surface area contributed by atoms with E-state index >= 15 is 0 Å². The van der Waals surface area contributed by atoms with Gasteiger partial charge in [-0.15, -0.1) is 0 Å². The number of rotatable bonds is 2. The average molecular weight is 394 g/mol. The number of hydrogen-bond donors (Lipinski definition) is 1. The van der Waals surface area contributed by atoms with Crippen LogP contribution in [0.3, 0.4) is 0 Å². The van der Waals surface area contributed by atoms with E-state index in [9.17, 15) is 18.0 Å². The lowest BCUT2D eigenvalue weighted by molar-refractivity contribution is -0.137. The van der Waals surface area contributed by atoms with Crippen molar-refractivity contribution in [2.75, 3.05) is 7.05 Å². The SMILES string of the molecule is CN1C(=N)C(c2cccc(C(F)(F)F)c2)C(=O)C1=Cc1cccc2ccccc12. The second-order valence-electron chi connectivity index (χ2n) is 6.96. The zero-order valence-corrected chi connectivity index (χ0v) is 15.5. The summed E-state index contributed by atoms with van der Waals surface area (Å²) in [7, 11) is 1.59. The molecule has 0 aromatic heterocycles. The first-order chi connectivity index (χ1) is 13.8. The molecule has 1 unspecified atom stereocenters. The van der Waals surface area contributed by atoms with Crippen LogP contribution in [0.5, 0.6) is 0 Å². The summed E-state index contributed by atoms with van der Waals surface area (Å²) in [6.07, 6.45) is -2.81. The Hall–Kier alpha value is -3.41. The smallest absolute Gasteiger partial charge is 0.330 e. The molecule has 1 heterocycles. The van der Waals surface area contributed by atoms with Crippen molar-refractivity contribution in [3.8, 4) is 0 Å². The van der Waals surface area contributed by atoms with Crippen molar-refractivity contribution < 1.29 is 18.0 Å². The number of alkyl halides is 3. The molecule has 1 aliphatic rings. The van der Waals surface area contributed by atoms with Crippen molar-refractivity contribution in [3.63, 3.8) is 0 Å². The number of amidine groups is 1. The number of Topliss-reactive ketones (excluding diaryl/α,β-unsaturated/α-hetero) is 1. The van der Waals surface area contributed by atoms with Crippen LogP contribution in [0.2, 0.25) is 0 Å². The molecule has 0 amide bonds. The number of benzene rings is 3. The van der Waals surface area contributed by atoms with Crippen LogP contribution in [-0.2, 0) is 11.0 Å². The molecule has 4 rings (SSSR count). The van der Waals surface area contributed by atoms with Crippen molar-refractivity contribution in [1.82, 2.24) is 4.90 Å². The van der Waals surface area contributed by atoms with Gasteiger partial charge in [0.05, 0.1) is 11.3 Å². The second kappa shape index (κ2) is 6.88. The highest BCUT2D eigenvalue weighted by molar-refractivity contribution is 6.23. The highest BCUT2D eigenvalue weighted by Gasteiger charge is 2.41. The molecule has 0 spiro atoms. The standard InChI is InChI=1S/C23H17F3N2O/c1-28-19(13-15-8-4-7-14-6-2-3-11-18(14)15)21(29)20(22(28)27)16-9-5-10-17(12-16)23(24,25)26/h2-13,20,27H,1H3.